The van der Waals surface area contributed by atoms with E-state index >= 15 is 0 Å². The summed E-state index contributed by atoms with van der Waals surface area (Å²) in [4.78, 5) is 0. The van der Waals surface area contributed by atoms with Gasteiger partial charge in [-0.15, -0.1) is 0 Å². The molecule has 1 aliphatic rings. The molecule has 1 aliphatic carbocycles. The summed E-state index contributed by atoms with van der Waals surface area (Å²) in [7, 11) is 0. The first-order chi connectivity index (χ1) is 5.08. The third-order valence-electron chi connectivity index (χ3n) is 2.10. The number of rotatable bonds is 4. The van der Waals surface area contributed by atoms with Gasteiger partial charge in [-0.2, -0.15) is 0 Å². The monoisotopic (exact) mass is 163 g/mol. The number of hydrogen-bond donors (Lipinski definition) is 1. The molecule has 0 aromatic carbocycles. The lowest BCUT2D eigenvalue weighted by Gasteiger charge is -2.27. The normalized spacial score (nSPS) is 19.9. The van der Waals surface area contributed by atoms with Crippen LogP contribution < -0.4 is 5.32 Å². The Morgan fingerprint density at radius 2 is 2.09 bits per heavy atom. The standard InChI is InChI=1S/C8H15F2N/c1-8(9,10)5-6-11-7-3-2-4-7/h7,11H,2-6H2,1H3. The fourth-order valence-corrected chi connectivity index (χ4v) is 1.11. The van der Waals surface area contributed by atoms with E-state index in [0.717, 1.165) is 19.8 Å². The molecule has 0 spiro atoms. The Morgan fingerprint density at radius 1 is 1.45 bits per heavy atom. The van der Waals surface area contributed by atoms with Crippen LogP contribution in [0.2, 0.25) is 0 Å². The SMILES string of the molecule is CC(F)(F)CCNC1CCC1. The van der Waals surface area contributed by atoms with Crippen LogP contribution in [0.15, 0.2) is 0 Å². The summed E-state index contributed by atoms with van der Waals surface area (Å²) in [6.07, 6.45) is 3.54. The third-order valence-corrected chi connectivity index (χ3v) is 2.10. The van der Waals surface area contributed by atoms with E-state index in [0.29, 0.717) is 12.6 Å². The first kappa shape index (κ1) is 8.91. The molecule has 0 atom stereocenters. The van der Waals surface area contributed by atoms with Crippen molar-refractivity contribution in [3.63, 3.8) is 0 Å². The van der Waals surface area contributed by atoms with Gasteiger partial charge in [0.05, 0.1) is 0 Å². The largest absolute Gasteiger partial charge is 0.314 e. The van der Waals surface area contributed by atoms with Crippen LogP contribution in [0.4, 0.5) is 8.78 Å². The molecule has 0 radical (unpaired) electrons. The van der Waals surface area contributed by atoms with E-state index in [2.05, 4.69) is 5.32 Å². The van der Waals surface area contributed by atoms with Crippen molar-refractivity contribution in [3.05, 3.63) is 0 Å². The molecule has 0 unspecified atom stereocenters. The highest BCUT2D eigenvalue weighted by molar-refractivity contribution is 4.76. The minimum absolute atomic E-state index is 0.0382. The number of halogens is 2. The quantitative estimate of drug-likeness (QED) is 0.669. The van der Waals surface area contributed by atoms with E-state index in [1.165, 1.54) is 6.42 Å². The van der Waals surface area contributed by atoms with Crippen molar-refractivity contribution >= 4 is 0 Å². The Kier molecular flexibility index (Phi) is 2.82. The van der Waals surface area contributed by atoms with Crippen LogP contribution in [0.3, 0.4) is 0 Å². The number of alkyl halides is 2. The molecule has 1 rings (SSSR count). The van der Waals surface area contributed by atoms with Crippen molar-refractivity contribution in [2.45, 2.75) is 44.6 Å². The highest BCUT2D eigenvalue weighted by Crippen LogP contribution is 2.19. The Morgan fingerprint density at radius 3 is 2.45 bits per heavy atom. The van der Waals surface area contributed by atoms with Gasteiger partial charge in [-0.25, -0.2) is 8.78 Å². The first-order valence-electron chi connectivity index (χ1n) is 4.19. The first-order valence-corrected chi connectivity index (χ1v) is 4.19. The molecule has 0 aromatic rings. The van der Waals surface area contributed by atoms with Gasteiger partial charge in [-0.05, 0) is 19.8 Å². The molecule has 1 N–H and O–H groups in total. The molecule has 1 nitrogen and oxygen atoms in total. The van der Waals surface area contributed by atoms with E-state index < -0.39 is 5.92 Å². The Labute approximate surface area is 66.2 Å². The molecule has 0 heterocycles. The van der Waals surface area contributed by atoms with Gasteiger partial charge in [0, 0.05) is 19.0 Å². The summed E-state index contributed by atoms with van der Waals surface area (Å²) < 4.78 is 24.5. The lowest BCUT2D eigenvalue weighted by Crippen LogP contribution is -2.37. The zero-order valence-electron chi connectivity index (χ0n) is 6.87. The Hall–Kier alpha value is -0.180. The predicted molar refractivity (Wildman–Crippen MR) is 40.9 cm³/mol. The maximum atomic E-state index is 12.3. The number of hydrogen-bond acceptors (Lipinski definition) is 1. The van der Waals surface area contributed by atoms with Gasteiger partial charge in [0.15, 0.2) is 0 Å². The van der Waals surface area contributed by atoms with Crippen LogP contribution in [0.25, 0.3) is 0 Å². The molecule has 1 fully saturated rings. The fraction of sp³-hybridized carbons (Fsp3) is 1.00. The molecular weight excluding hydrogens is 148 g/mol. The van der Waals surface area contributed by atoms with Crippen molar-refractivity contribution in [2.24, 2.45) is 0 Å². The van der Waals surface area contributed by atoms with Crippen LogP contribution in [0, 0.1) is 0 Å². The van der Waals surface area contributed by atoms with E-state index in [1.54, 1.807) is 0 Å². The second-order valence-electron chi connectivity index (χ2n) is 3.40. The summed E-state index contributed by atoms with van der Waals surface area (Å²) in [6, 6.07) is 0.525. The second-order valence-corrected chi connectivity index (χ2v) is 3.40. The molecule has 66 valence electrons. The molecule has 1 saturated carbocycles. The van der Waals surface area contributed by atoms with Crippen molar-refractivity contribution in [1.29, 1.82) is 0 Å². The fourth-order valence-electron chi connectivity index (χ4n) is 1.11. The minimum Gasteiger partial charge on any atom is -0.314 e. The zero-order chi connectivity index (χ0) is 8.32. The van der Waals surface area contributed by atoms with Crippen LogP contribution >= 0.6 is 0 Å². The molecule has 11 heavy (non-hydrogen) atoms. The van der Waals surface area contributed by atoms with Crippen molar-refractivity contribution in [2.75, 3.05) is 6.54 Å². The van der Waals surface area contributed by atoms with Gasteiger partial charge in [-0.3, -0.25) is 0 Å². The average molecular weight is 163 g/mol. The van der Waals surface area contributed by atoms with Crippen molar-refractivity contribution in [1.82, 2.24) is 5.32 Å². The van der Waals surface area contributed by atoms with Gasteiger partial charge < -0.3 is 5.32 Å². The maximum absolute atomic E-state index is 12.3. The zero-order valence-corrected chi connectivity index (χ0v) is 6.87. The van der Waals surface area contributed by atoms with E-state index in [1.807, 2.05) is 0 Å². The number of nitrogens with one attached hydrogen (secondary N) is 1. The highest BCUT2D eigenvalue weighted by atomic mass is 19.3. The van der Waals surface area contributed by atoms with Gasteiger partial charge in [-0.1, -0.05) is 6.42 Å². The van der Waals surface area contributed by atoms with E-state index in [4.69, 9.17) is 0 Å². The van der Waals surface area contributed by atoms with Crippen LogP contribution in [0.5, 0.6) is 0 Å². The molecular formula is C8H15F2N. The topological polar surface area (TPSA) is 12.0 Å². The predicted octanol–water partition coefficient (Wildman–Crippen LogP) is 2.17. The molecule has 0 aromatic heterocycles. The molecule has 3 heteroatoms. The molecule has 0 bridgehead atoms. The summed E-state index contributed by atoms with van der Waals surface area (Å²) in [5.41, 5.74) is 0. The summed E-state index contributed by atoms with van der Waals surface area (Å²) in [6.45, 7) is 1.42. The molecule has 0 aliphatic heterocycles. The van der Waals surface area contributed by atoms with E-state index in [9.17, 15) is 8.78 Å². The van der Waals surface area contributed by atoms with Gasteiger partial charge in [0.25, 0.3) is 0 Å². The Balaban J connectivity index is 1.95. The van der Waals surface area contributed by atoms with Gasteiger partial charge in [0.1, 0.15) is 0 Å². The maximum Gasteiger partial charge on any atom is 0.246 e. The van der Waals surface area contributed by atoms with Crippen molar-refractivity contribution < 1.29 is 8.78 Å². The molecule has 0 amide bonds. The highest BCUT2D eigenvalue weighted by Gasteiger charge is 2.22. The lowest BCUT2D eigenvalue weighted by atomic mass is 9.93. The van der Waals surface area contributed by atoms with E-state index in [-0.39, 0.29) is 6.42 Å². The molecule has 0 saturated heterocycles. The average Bonchev–Trinajstić information content (AvgIpc) is 1.73. The van der Waals surface area contributed by atoms with Crippen molar-refractivity contribution in [3.8, 4) is 0 Å². The smallest absolute Gasteiger partial charge is 0.246 e. The second kappa shape index (κ2) is 3.48. The summed E-state index contributed by atoms with van der Waals surface area (Å²) >= 11 is 0. The Bertz CT molecular complexity index is 116. The van der Waals surface area contributed by atoms with Crippen LogP contribution in [0.1, 0.15) is 32.6 Å². The van der Waals surface area contributed by atoms with Gasteiger partial charge in [0.2, 0.25) is 5.92 Å². The van der Waals surface area contributed by atoms with Crippen LogP contribution in [-0.2, 0) is 0 Å². The summed E-state index contributed by atoms with van der Waals surface area (Å²) in [5, 5.41) is 3.10. The third kappa shape index (κ3) is 3.65. The minimum atomic E-state index is -2.50. The van der Waals surface area contributed by atoms with Crippen LogP contribution in [-0.4, -0.2) is 18.5 Å². The summed E-state index contributed by atoms with van der Waals surface area (Å²) in [5.74, 6) is -2.50. The van der Waals surface area contributed by atoms with Gasteiger partial charge >= 0.3 is 0 Å². The lowest BCUT2D eigenvalue weighted by molar-refractivity contribution is 0.0121.